The Bertz CT molecular complexity index is 1580. The maximum atomic E-state index is 13.4. The number of hydrogen-bond donors (Lipinski definition) is 6. The predicted octanol–water partition coefficient (Wildman–Crippen LogP) is 1.53. The Balaban J connectivity index is 1.28. The van der Waals surface area contributed by atoms with Crippen molar-refractivity contribution in [1.82, 2.24) is 29.5 Å². The fraction of sp³-hybridized carbons (Fsp3) is 0.550. The molecule has 0 radical (unpaired) electrons. The molecule has 21 heteroatoms. The smallest absolute Gasteiger partial charge is 0.386 e. The summed E-state index contributed by atoms with van der Waals surface area (Å²) >= 11 is 8.28. The van der Waals surface area contributed by atoms with Crippen LogP contribution in [-0.2, 0) is 32.0 Å². The minimum Gasteiger partial charge on any atom is -0.387 e. The van der Waals surface area contributed by atoms with Gasteiger partial charge in [-0.2, -0.15) is 4.98 Å². The molecule has 5 heterocycles. The Morgan fingerprint density at radius 3 is 2.68 bits per heavy atom. The van der Waals surface area contributed by atoms with Crippen molar-refractivity contribution in [2.24, 2.45) is 5.92 Å². The normalized spacial score (nSPS) is 38.1. The second-order valence-electron chi connectivity index (χ2n) is 9.74. The molecule has 6 rings (SSSR count). The maximum Gasteiger partial charge on any atom is 0.386 e. The first kappa shape index (κ1) is 29.0. The number of thiol groups is 2. The van der Waals surface area contributed by atoms with Gasteiger partial charge >= 0.3 is 13.6 Å². The van der Waals surface area contributed by atoms with E-state index < -0.39 is 62.3 Å². The van der Waals surface area contributed by atoms with Crippen molar-refractivity contribution in [2.45, 2.75) is 49.5 Å². The molecule has 2 saturated heterocycles. The van der Waals surface area contributed by atoms with Gasteiger partial charge in [-0.1, -0.05) is 24.5 Å². The van der Waals surface area contributed by atoms with E-state index in [2.05, 4.69) is 54.7 Å². The van der Waals surface area contributed by atoms with Crippen LogP contribution in [0.25, 0.3) is 11.2 Å². The number of aromatic amines is 1. The zero-order valence-corrected chi connectivity index (χ0v) is 24.6. The molecule has 0 unspecified atom stereocenters. The molecule has 3 aliphatic rings. The lowest BCUT2D eigenvalue weighted by Gasteiger charge is -2.26. The molecule has 3 aromatic heterocycles. The van der Waals surface area contributed by atoms with Crippen LogP contribution in [0.15, 0.2) is 29.7 Å². The van der Waals surface area contributed by atoms with Crippen molar-refractivity contribution < 1.29 is 37.1 Å². The van der Waals surface area contributed by atoms with Crippen LogP contribution in [0.1, 0.15) is 19.1 Å². The number of anilines is 2. The van der Waals surface area contributed by atoms with Crippen molar-refractivity contribution in [3.05, 3.63) is 35.3 Å². The summed E-state index contributed by atoms with van der Waals surface area (Å²) < 4.78 is 56.6. The molecule has 1 saturated carbocycles. The molecule has 0 amide bonds. The van der Waals surface area contributed by atoms with E-state index in [1.807, 2.05) is 0 Å². The second-order valence-corrected chi connectivity index (χ2v) is 15.5. The zero-order chi connectivity index (χ0) is 28.9. The first-order valence-electron chi connectivity index (χ1n) is 12.4. The fourth-order valence-corrected chi connectivity index (χ4v) is 8.22. The lowest BCUT2D eigenvalue weighted by Crippen LogP contribution is -2.35. The standard InChI is InChI=1S/C20H26N8O9P2S2/c21-20-26-17-14(18(30)27-20)24-8-28(17)19-16-15(29)12(35-19)6-34-38(31,40)36-11-4-10(25-13-1-2-22-7-23-13)3-9(11)5-33-39(32,41)37-16/h1-2,7-12,15-16,19,29H,3-6H2,(H,31,40)(H,32,41)(H,22,23,25)(H3,21,26,27,30)/t9-,10-,11+,12-,15-,16-,19-,38+,39+/m1/s1. The highest BCUT2D eigenvalue weighted by molar-refractivity contribution is 8.44. The summed E-state index contributed by atoms with van der Waals surface area (Å²) in [6, 6.07) is 1.54. The Labute approximate surface area is 242 Å². The third kappa shape index (κ3) is 6.20. The van der Waals surface area contributed by atoms with Crippen molar-refractivity contribution >= 4 is 61.0 Å². The number of nitrogens with zero attached hydrogens (tertiary/aromatic N) is 5. The number of nitrogen functional groups attached to an aromatic ring is 1. The van der Waals surface area contributed by atoms with E-state index in [0.717, 1.165) is 0 Å². The van der Waals surface area contributed by atoms with Gasteiger partial charge < -0.3 is 25.4 Å². The number of nitrogens with two attached hydrogens (primary N) is 1. The quantitative estimate of drug-likeness (QED) is 0.175. The summed E-state index contributed by atoms with van der Waals surface area (Å²) in [5, 5.41) is 14.4. The Hall–Kier alpha value is -2.05. The van der Waals surface area contributed by atoms with Crippen LogP contribution < -0.4 is 16.6 Å². The third-order valence-electron chi connectivity index (χ3n) is 6.98. The Morgan fingerprint density at radius 2 is 1.90 bits per heavy atom. The summed E-state index contributed by atoms with van der Waals surface area (Å²) in [7, 11) is 0. The van der Waals surface area contributed by atoms with E-state index in [0.29, 0.717) is 18.7 Å². The number of hydrogen-bond acceptors (Lipinski definition) is 15. The van der Waals surface area contributed by atoms with Gasteiger partial charge in [0.05, 0.1) is 25.6 Å². The number of fused-ring (bicyclic) bond motifs is 4. The lowest BCUT2D eigenvalue weighted by molar-refractivity contribution is -0.0487. The number of nitrogens with one attached hydrogen (secondary N) is 2. The number of aliphatic hydroxyl groups excluding tert-OH is 1. The van der Waals surface area contributed by atoms with Gasteiger partial charge in [-0.25, -0.2) is 24.1 Å². The van der Waals surface area contributed by atoms with Crippen LogP contribution in [0.3, 0.4) is 0 Å². The van der Waals surface area contributed by atoms with Crippen LogP contribution in [0.5, 0.6) is 0 Å². The van der Waals surface area contributed by atoms with E-state index >= 15 is 0 Å². The second kappa shape index (κ2) is 11.2. The molecule has 9 atom stereocenters. The maximum absolute atomic E-state index is 13.4. The largest absolute Gasteiger partial charge is 0.387 e. The number of H-pyrrole nitrogens is 1. The Kier molecular flexibility index (Phi) is 7.95. The van der Waals surface area contributed by atoms with E-state index in [4.69, 9.17) is 28.6 Å². The topological polar surface area (TPSA) is 228 Å². The van der Waals surface area contributed by atoms with Crippen molar-refractivity contribution in [3.8, 4) is 0 Å². The number of aliphatic hydroxyl groups is 1. The highest BCUT2D eigenvalue weighted by Crippen LogP contribution is 2.60. The van der Waals surface area contributed by atoms with E-state index in [-0.39, 0.29) is 29.8 Å². The van der Waals surface area contributed by atoms with Gasteiger partial charge in [0.25, 0.3) is 5.56 Å². The molecule has 0 spiro atoms. The average Bonchev–Trinajstić information content (AvgIpc) is 3.57. The number of aromatic nitrogens is 6. The third-order valence-corrected chi connectivity index (χ3v) is 10.2. The first-order chi connectivity index (χ1) is 19.5. The summed E-state index contributed by atoms with van der Waals surface area (Å²) in [5.74, 6) is -0.00147. The monoisotopic (exact) mass is 648 g/mol. The molecular weight excluding hydrogens is 622 g/mol. The minimum absolute atomic E-state index is 0.0221. The van der Waals surface area contributed by atoms with Gasteiger partial charge in [0, 0.05) is 18.2 Å². The van der Waals surface area contributed by atoms with Crippen LogP contribution in [0, 0.1) is 5.92 Å². The van der Waals surface area contributed by atoms with E-state index in [1.165, 1.54) is 17.2 Å². The highest BCUT2D eigenvalue weighted by atomic mass is 32.7. The molecule has 41 heavy (non-hydrogen) atoms. The fourth-order valence-electron chi connectivity index (χ4n) is 5.16. The van der Waals surface area contributed by atoms with Crippen LogP contribution in [0.4, 0.5) is 11.8 Å². The molecule has 1 aliphatic carbocycles. The van der Waals surface area contributed by atoms with Crippen LogP contribution in [0.2, 0.25) is 0 Å². The molecule has 3 aromatic rings. The Morgan fingerprint density at radius 1 is 1.12 bits per heavy atom. The molecule has 222 valence electrons. The summed E-state index contributed by atoms with van der Waals surface area (Å²) in [6.45, 7) is -8.71. The SMILES string of the molecule is Nc1nc2c(ncn2[C@@H]2O[C@@H]3CO[P@](=O)(S)O[C@H]4C[C@H](Nc5ccncn5)C[C@@H]4CO[P@](=O)(S)O[C@@H]2[C@@H]3O)c(=O)[nH]1. The highest BCUT2D eigenvalue weighted by Gasteiger charge is 2.51. The molecule has 2 bridgehead atoms. The van der Waals surface area contributed by atoms with Gasteiger partial charge in [-0.15, -0.1) is 0 Å². The molecular formula is C20H26N8O9P2S2. The van der Waals surface area contributed by atoms with Gasteiger partial charge in [-0.05, 0) is 18.9 Å². The van der Waals surface area contributed by atoms with Gasteiger partial charge in [0.2, 0.25) is 5.95 Å². The van der Waals surface area contributed by atoms with Crippen molar-refractivity contribution in [2.75, 3.05) is 24.3 Å². The van der Waals surface area contributed by atoms with Crippen LogP contribution >= 0.6 is 38.1 Å². The first-order valence-corrected chi connectivity index (χ1v) is 17.8. The minimum atomic E-state index is -4.14. The number of imidazole rings is 1. The number of ether oxygens (including phenoxy) is 1. The lowest BCUT2D eigenvalue weighted by atomic mass is 10.1. The van der Waals surface area contributed by atoms with Crippen molar-refractivity contribution in [1.29, 1.82) is 0 Å². The molecule has 2 aliphatic heterocycles. The molecule has 5 N–H and O–H groups in total. The van der Waals surface area contributed by atoms with E-state index in [9.17, 15) is 19.0 Å². The summed E-state index contributed by atoms with van der Waals surface area (Å²) in [6.07, 6.45) is -0.796. The zero-order valence-electron chi connectivity index (χ0n) is 21.0. The number of rotatable bonds is 3. The van der Waals surface area contributed by atoms with Gasteiger partial charge in [0.15, 0.2) is 17.4 Å². The summed E-state index contributed by atoms with van der Waals surface area (Å²) in [4.78, 5) is 30.8. The molecule has 17 nitrogen and oxygen atoms in total. The average molecular weight is 649 g/mol. The van der Waals surface area contributed by atoms with Crippen molar-refractivity contribution in [3.63, 3.8) is 0 Å². The summed E-state index contributed by atoms with van der Waals surface area (Å²) in [5.41, 5.74) is 5.07. The van der Waals surface area contributed by atoms with Gasteiger partial charge in [-0.3, -0.25) is 27.9 Å². The van der Waals surface area contributed by atoms with E-state index in [1.54, 1.807) is 12.3 Å². The predicted molar refractivity (Wildman–Crippen MR) is 149 cm³/mol. The van der Waals surface area contributed by atoms with Gasteiger partial charge in [0.1, 0.15) is 30.5 Å². The van der Waals surface area contributed by atoms with Crippen LogP contribution in [-0.4, -0.2) is 78.3 Å². The molecule has 0 aromatic carbocycles. The molecule has 3 fully saturated rings.